The maximum absolute atomic E-state index is 13.5. The first-order chi connectivity index (χ1) is 11.4. The molecular weight excluding hydrogens is 390 g/mol. The van der Waals surface area contributed by atoms with Crippen LogP contribution in [0.25, 0.3) is 11.1 Å². The van der Waals surface area contributed by atoms with Crippen LogP contribution in [0.1, 0.15) is 30.6 Å². The third kappa shape index (κ3) is 3.03. The lowest BCUT2D eigenvalue weighted by Crippen LogP contribution is -2.06. The maximum Gasteiger partial charge on any atom is 0.342 e. The third-order valence-electron chi connectivity index (χ3n) is 3.89. The number of fused-ring (bicyclic) bond motifs is 3. The Hall–Kier alpha value is -0.540. The molecule has 0 saturated carbocycles. The second kappa shape index (κ2) is 6.99. The van der Waals surface area contributed by atoms with E-state index in [9.17, 15) is 4.57 Å². The van der Waals surface area contributed by atoms with E-state index >= 15 is 0 Å². The van der Waals surface area contributed by atoms with Crippen molar-refractivity contribution in [1.82, 2.24) is 0 Å². The summed E-state index contributed by atoms with van der Waals surface area (Å²) in [5, 5.41) is 1.53. The number of rotatable bonds is 5. The fourth-order valence-electron chi connectivity index (χ4n) is 3.14. The van der Waals surface area contributed by atoms with Crippen LogP contribution in [0.4, 0.5) is 0 Å². The maximum atomic E-state index is 13.5. The van der Waals surface area contributed by atoms with Gasteiger partial charge in [-0.15, -0.1) is 0 Å². The molecule has 24 heavy (non-hydrogen) atoms. The molecule has 1 aliphatic carbocycles. The van der Waals surface area contributed by atoms with Crippen LogP contribution in [0.3, 0.4) is 0 Å². The molecule has 0 amide bonds. The molecule has 2 aromatic carbocycles. The Morgan fingerprint density at radius 1 is 0.958 bits per heavy atom. The zero-order valence-corrected chi connectivity index (χ0v) is 16.3. The van der Waals surface area contributed by atoms with Gasteiger partial charge in [-0.3, -0.25) is 4.57 Å². The van der Waals surface area contributed by atoms with Gasteiger partial charge in [0.2, 0.25) is 0 Å². The average Bonchev–Trinajstić information content (AvgIpc) is 2.81. The van der Waals surface area contributed by atoms with Crippen molar-refractivity contribution >= 4 is 42.4 Å². The molecule has 1 aliphatic rings. The first-order valence-electron chi connectivity index (χ1n) is 7.58. The Kier molecular flexibility index (Phi) is 5.32. The molecule has 0 aromatic heterocycles. The predicted octanol–water partition coefficient (Wildman–Crippen LogP) is 6.98. The monoisotopic (exact) mass is 404 g/mol. The SMILES string of the molecule is CCOP(=O)(OCC)[C@H]1c2cc(Cl)ccc2-c2c(Cl)cc(Cl)cc21. The summed E-state index contributed by atoms with van der Waals surface area (Å²) < 4.78 is 24.7. The zero-order chi connectivity index (χ0) is 17.5. The highest BCUT2D eigenvalue weighted by Crippen LogP contribution is 2.69. The van der Waals surface area contributed by atoms with Crippen molar-refractivity contribution in [2.24, 2.45) is 0 Å². The van der Waals surface area contributed by atoms with Crippen LogP contribution in [-0.2, 0) is 13.6 Å². The van der Waals surface area contributed by atoms with E-state index in [0.717, 1.165) is 22.3 Å². The van der Waals surface area contributed by atoms with Gasteiger partial charge in [-0.1, -0.05) is 40.9 Å². The van der Waals surface area contributed by atoms with Gasteiger partial charge in [0, 0.05) is 15.6 Å². The van der Waals surface area contributed by atoms with Gasteiger partial charge < -0.3 is 9.05 Å². The smallest absolute Gasteiger partial charge is 0.308 e. The van der Waals surface area contributed by atoms with Crippen LogP contribution >= 0.6 is 42.4 Å². The molecule has 0 bridgehead atoms. The highest BCUT2D eigenvalue weighted by molar-refractivity contribution is 7.54. The molecule has 0 radical (unpaired) electrons. The summed E-state index contributed by atoms with van der Waals surface area (Å²) in [6, 6.07) is 8.89. The molecule has 128 valence electrons. The minimum absolute atomic E-state index is 0.271. The molecule has 3 rings (SSSR count). The molecule has 1 atom stereocenters. The lowest BCUT2D eigenvalue weighted by Gasteiger charge is -2.25. The van der Waals surface area contributed by atoms with E-state index in [2.05, 4.69) is 0 Å². The molecule has 0 N–H and O–H groups in total. The van der Waals surface area contributed by atoms with Crippen molar-refractivity contribution < 1.29 is 13.6 Å². The van der Waals surface area contributed by atoms with E-state index in [0.29, 0.717) is 15.1 Å². The van der Waals surface area contributed by atoms with Gasteiger partial charge >= 0.3 is 7.60 Å². The summed E-state index contributed by atoms with van der Waals surface area (Å²) in [7, 11) is -3.47. The van der Waals surface area contributed by atoms with Gasteiger partial charge in [0.1, 0.15) is 5.66 Å². The molecule has 3 nitrogen and oxygen atoms in total. The van der Waals surface area contributed by atoms with Crippen LogP contribution in [0, 0.1) is 0 Å². The summed E-state index contributed by atoms with van der Waals surface area (Å²) in [4.78, 5) is 0. The van der Waals surface area contributed by atoms with Crippen LogP contribution in [0.2, 0.25) is 15.1 Å². The molecular formula is C17H16Cl3O3P. The molecule has 0 saturated heterocycles. The number of benzene rings is 2. The molecule has 0 spiro atoms. The highest BCUT2D eigenvalue weighted by atomic mass is 35.5. The van der Waals surface area contributed by atoms with Gasteiger partial charge in [-0.05, 0) is 54.8 Å². The lowest BCUT2D eigenvalue weighted by molar-refractivity contribution is 0.215. The number of halogens is 3. The van der Waals surface area contributed by atoms with E-state index in [1.54, 1.807) is 38.1 Å². The summed E-state index contributed by atoms with van der Waals surface area (Å²) >= 11 is 18.8. The van der Waals surface area contributed by atoms with Gasteiger partial charge in [-0.25, -0.2) is 0 Å². The summed E-state index contributed by atoms with van der Waals surface area (Å²) in [6.07, 6.45) is 0. The first-order valence-corrected chi connectivity index (χ1v) is 10.3. The van der Waals surface area contributed by atoms with E-state index in [1.165, 1.54) is 0 Å². The number of hydrogen-bond donors (Lipinski definition) is 0. The fourth-order valence-corrected chi connectivity index (χ4v) is 6.12. The Labute approximate surface area is 156 Å². The number of hydrogen-bond acceptors (Lipinski definition) is 3. The standard InChI is InChI=1S/C17H16Cl3O3P/c1-3-22-24(21,23-4-2)17-13-7-10(18)5-6-12(13)16-14(17)8-11(19)9-15(16)20/h5-9,17H,3-4H2,1-2H3/t17-/m0/s1. The van der Waals surface area contributed by atoms with E-state index in [4.69, 9.17) is 43.9 Å². The van der Waals surface area contributed by atoms with Crippen molar-refractivity contribution in [3.63, 3.8) is 0 Å². The van der Waals surface area contributed by atoms with E-state index in [-0.39, 0.29) is 13.2 Å². The van der Waals surface area contributed by atoms with Gasteiger partial charge in [0.25, 0.3) is 0 Å². The molecule has 0 aliphatic heterocycles. The van der Waals surface area contributed by atoms with Crippen LogP contribution < -0.4 is 0 Å². The predicted molar refractivity (Wildman–Crippen MR) is 99.6 cm³/mol. The fraction of sp³-hybridized carbons (Fsp3) is 0.294. The molecule has 2 aromatic rings. The Morgan fingerprint density at radius 2 is 1.58 bits per heavy atom. The average molecular weight is 406 g/mol. The Bertz CT molecular complexity index is 828. The minimum atomic E-state index is -3.47. The molecule has 0 heterocycles. The molecule has 0 fully saturated rings. The third-order valence-corrected chi connectivity index (χ3v) is 7.07. The zero-order valence-electron chi connectivity index (χ0n) is 13.2. The summed E-state index contributed by atoms with van der Waals surface area (Å²) in [5.74, 6) is 0. The van der Waals surface area contributed by atoms with Crippen LogP contribution in [-0.4, -0.2) is 13.2 Å². The van der Waals surface area contributed by atoms with Gasteiger partial charge in [0.15, 0.2) is 0 Å². The Morgan fingerprint density at radius 3 is 2.21 bits per heavy atom. The second-order valence-electron chi connectivity index (χ2n) is 5.36. The van der Waals surface area contributed by atoms with E-state index < -0.39 is 13.3 Å². The van der Waals surface area contributed by atoms with E-state index in [1.807, 2.05) is 6.07 Å². The van der Waals surface area contributed by atoms with Crippen LogP contribution in [0.5, 0.6) is 0 Å². The van der Waals surface area contributed by atoms with Crippen molar-refractivity contribution in [3.8, 4) is 11.1 Å². The summed E-state index contributed by atoms with van der Waals surface area (Å²) in [6.45, 7) is 4.11. The highest BCUT2D eigenvalue weighted by Gasteiger charge is 2.45. The summed E-state index contributed by atoms with van der Waals surface area (Å²) in [5.41, 5.74) is 2.61. The van der Waals surface area contributed by atoms with Gasteiger partial charge in [0.05, 0.1) is 18.2 Å². The topological polar surface area (TPSA) is 35.5 Å². The Balaban J connectivity index is 2.31. The first kappa shape index (κ1) is 18.3. The lowest BCUT2D eigenvalue weighted by atomic mass is 10.1. The second-order valence-corrected chi connectivity index (χ2v) is 8.75. The van der Waals surface area contributed by atoms with Crippen molar-refractivity contribution in [1.29, 1.82) is 0 Å². The minimum Gasteiger partial charge on any atom is -0.308 e. The van der Waals surface area contributed by atoms with Crippen molar-refractivity contribution in [2.45, 2.75) is 19.5 Å². The van der Waals surface area contributed by atoms with Crippen molar-refractivity contribution in [2.75, 3.05) is 13.2 Å². The van der Waals surface area contributed by atoms with Gasteiger partial charge in [-0.2, -0.15) is 0 Å². The molecule has 0 unspecified atom stereocenters. The van der Waals surface area contributed by atoms with Crippen molar-refractivity contribution in [3.05, 3.63) is 56.5 Å². The molecule has 7 heteroatoms. The largest absolute Gasteiger partial charge is 0.342 e. The quantitative estimate of drug-likeness (QED) is 0.503. The normalized spacial score (nSPS) is 16.1. The van der Waals surface area contributed by atoms with Crippen LogP contribution in [0.15, 0.2) is 30.3 Å².